The molecule has 4 rings (SSSR count). The third kappa shape index (κ3) is 3.93. The lowest BCUT2D eigenvalue weighted by atomic mass is 9.97. The van der Waals surface area contributed by atoms with Crippen molar-refractivity contribution in [2.45, 2.75) is 12.3 Å². The van der Waals surface area contributed by atoms with Gasteiger partial charge in [0.15, 0.2) is 5.75 Å². The summed E-state index contributed by atoms with van der Waals surface area (Å²) in [5.74, 6) is 1.26. The molecule has 3 aromatic carbocycles. The number of nitrogens with zero attached hydrogens (tertiary/aromatic N) is 1. The molecule has 6 heteroatoms. The number of benzene rings is 3. The van der Waals surface area contributed by atoms with Crippen LogP contribution in [0, 0.1) is 0 Å². The van der Waals surface area contributed by atoms with Crippen LogP contribution in [-0.4, -0.2) is 12.5 Å². The van der Waals surface area contributed by atoms with E-state index in [9.17, 15) is 4.79 Å². The molecule has 1 aliphatic heterocycles. The lowest BCUT2D eigenvalue weighted by Crippen LogP contribution is -2.24. The van der Waals surface area contributed by atoms with Crippen molar-refractivity contribution in [2.24, 2.45) is 5.73 Å². The normalized spacial score (nSPS) is 15.9. The molecule has 0 saturated carbocycles. The van der Waals surface area contributed by atoms with E-state index < -0.39 is 0 Å². The van der Waals surface area contributed by atoms with Gasteiger partial charge in [0.25, 0.3) is 0 Å². The van der Waals surface area contributed by atoms with Crippen molar-refractivity contribution in [3.8, 4) is 11.5 Å². The van der Waals surface area contributed by atoms with Crippen molar-refractivity contribution < 1.29 is 9.53 Å². The summed E-state index contributed by atoms with van der Waals surface area (Å²) in [5, 5.41) is 0. The van der Waals surface area contributed by atoms with Crippen LogP contribution in [0.3, 0.4) is 0 Å². The molecule has 0 aliphatic carbocycles. The molecule has 0 spiro atoms. The molecular formula is C24H24N4O2. The van der Waals surface area contributed by atoms with Crippen LogP contribution in [0.2, 0.25) is 0 Å². The molecule has 152 valence electrons. The van der Waals surface area contributed by atoms with E-state index in [2.05, 4.69) is 6.58 Å². The van der Waals surface area contributed by atoms with Crippen molar-refractivity contribution in [1.29, 1.82) is 0 Å². The first kappa shape index (κ1) is 19.4. The molecule has 0 aromatic heterocycles. The highest BCUT2D eigenvalue weighted by molar-refractivity contribution is 5.97. The largest absolute Gasteiger partial charge is 0.455 e. The van der Waals surface area contributed by atoms with E-state index in [1.165, 1.54) is 0 Å². The Morgan fingerprint density at radius 2 is 1.83 bits per heavy atom. The first-order valence-electron chi connectivity index (χ1n) is 9.68. The molecule has 1 heterocycles. The lowest BCUT2D eigenvalue weighted by Gasteiger charge is -2.18. The van der Waals surface area contributed by atoms with Gasteiger partial charge in [-0.25, -0.2) is 0 Å². The summed E-state index contributed by atoms with van der Waals surface area (Å²) in [6.45, 7) is 4.34. The summed E-state index contributed by atoms with van der Waals surface area (Å²) < 4.78 is 5.94. The van der Waals surface area contributed by atoms with Gasteiger partial charge >= 0.3 is 0 Å². The molecule has 3 aromatic rings. The Balaban J connectivity index is 1.57. The smallest absolute Gasteiger partial charge is 0.227 e. The average Bonchev–Trinajstić information content (AvgIpc) is 3.11. The van der Waals surface area contributed by atoms with E-state index in [1.807, 2.05) is 54.6 Å². The lowest BCUT2D eigenvalue weighted by molar-refractivity contribution is -0.117. The van der Waals surface area contributed by atoms with Crippen LogP contribution < -0.4 is 26.8 Å². The number of rotatable bonds is 5. The Morgan fingerprint density at radius 1 is 1.03 bits per heavy atom. The number of anilines is 3. The van der Waals surface area contributed by atoms with Crippen LogP contribution in [-0.2, 0) is 4.79 Å². The maximum Gasteiger partial charge on any atom is 0.227 e. The van der Waals surface area contributed by atoms with Crippen LogP contribution in [0.25, 0.3) is 5.70 Å². The summed E-state index contributed by atoms with van der Waals surface area (Å²) in [6, 6.07) is 20.4. The molecule has 0 radical (unpaired) electrons. The van der Waals surface area contributed by atoms with Gasteiger partial charge in [0, 0.05) is 42.0 Å². The Hall–Kier alpha value is -3.93. The second kappa shape index (κ2) is 7.83. The van der Waals surface area contributed by atoms with E-state index in [4.69, 9.17) is 21.9 Å². The van der Waals surface area contributed by atoms with Crippen LogP contribution in [0.1, 0.15) is 23.5 Å². The fourth-order valence-electron chi connectivity index (χ4n) is 3.65. The van der Waals surface area contributed by atoms with E-state index in [0.717, 1.165) is 16.8 Å². The minimum absolute atomic E-state index is 0.0334. The molecule has 1 aliphatic rings. The Bertz CT molecular complexity index is 1130. The fraction of sp³-hybridized carbons (Fsp3) is 0.125. The first-order chi connectivity index (χ1) is 14.4. The maximum atomic E-state index is 12.7. The molecule has 1 saturated heterocycles. The zero-order chi connectivity index (χ0) is 21.3. The van der Waals surface area contributed by atoms with Crippen LogP contribution in [0.5, 0.6) is 11.5 Å². The summed E-state index contributed by atoms with van der Waals surface area (Å²) in [6.07, 6.45) is 0.412. The minimum atomic E-state index is 0.0334. The van der Waals surface area contributed by atoms with Gasteiger partial charge in [0.05, 0.1) is 5.69 Å². The van der Waals surface area contributed by atoms with E-state index in [1.54, 1.807) is 17.0 Å². The minimum Gasteiger partial charge on any atom is -0.455 e. The quantitative estimate of drug-likeness (QED) is 0.559. The summed E-state index contributed by atoms with van der Waals surface area (Å²) >= 11 is 0. The van der Waals surface area contributed by atoms with Gasteiger partial charge in [-0.1, -0.05) is 30.8 Å². The Morgan fingerprint density at radius 3 is 2.60 bits per heavy atom. The van der Waals surface area contributed by atoms with Crippen LogP contribution in [0.4, 0.5) is 17.1 Å². The standard InChI is InChI=1S/C24H24N4O2/c1-15(25)16-4-2-6-20(10-16)28-14-18(12-24(28)29)17-8-9-22(27)23(11-17)30-21-7-3-5-19(26)13-21/h2-11,13,18H,1,12,14,25-27H2/t18-/m0/s1. The summed E-state index contributed by atoms with van der Waals surface area (Å²) in [7, 11) is 0. The van der Waals surface area contributed by atoms with E-state index in [0.29, 0.717) is 41.5 Å². The molecule has 1 amide bonds. The number of nitrogens with two attached hydrogens (primary N) is 3. The van der Waals surface area contributed by atoms with Gasteiger partial charge in [-0.2, -0.15) is 0 Å². The number of amides is 1. The van der Waals surface area contributed by atoms with Crippen molar-refractivity contribution in [3.63, 3.8) is 0 Å². The highest BCUT2D eigenvalue weighted by Crippen LogP contribution is 2.36. The number of ether oxygens (including phenoxy) is 1. The van der Waals surface area contributed by atoms with Crippen molar-refractivity contribution in [1.82, 2.24) is 0 Å². The molecular weight excluding hydrogens is 376 g/mol. The summed E-state index contributed by atoms with van der Waals surface area (Å²) in [4.78, 5) is 14.5. The maximum absolute atomic E-state index is 12.7. The molecule has 1 atom stereocenters. The Kier molecular flexibility index (Phi) is 5.06. The van der Waals surface area contributed by atoms with Crippen LogP contribution >= 0.6 is 0 Å². The predicted octanol–water partition coefficient (Wildman–Crippen LogP) is 4.09. The van der Waals surface area contributed by atoms with Crippen molar-refractivity contribution in [3.05, 3.63) is 84.4 Å². The monoisotopic (exact) mass is 400 g/mol. The average molecular weight is 400 g/mol. The topological polar surface area (TPSA) is 108 Å². The molecule has 1 fully saturated rings. The third-order valence-electron chi connectivity index (χ3n) is 5.25. The fourth-order valence-corrected chi connectivity index (χ4v) is 3.65. The van der Waals surface area contributed by atoms with Crippen molar-refractivity contribution >= 4 is 28.7 Å². The molecule has 6 N–H and O–H groups in total. The Labute approximate surface area is 175 Å². The van der Waals surface area contributed by atoms with Gasteiger partial charge in [-0.05, 0) is 47.5 Å². The number of carbonyl (C=O) groups excluding carboxylic acids is 1. The third-order valence-corrected chi connectivity index (χ3v) is 5.25. The zero-order valence-electron chi connectivity index (χ0n) is 16.5. The van der Waals surface area contributed by atoms with E-state index >= 15 is 0 Å². The second-order valence-electron chi connectivity index (χ2n) is 7.45. The first-order valence-corrected chi connectivity index (χ1v) is 9.68. The predicted molar refractivity (Wildman–Crippen MR) is 121 cm³/mol. The number of nitrogen functional groups attached to an aromatic ring is 2. The van der Waals surface area contributed by atoms with Gasteiger partial charge in [0.1, 0.15) is 5.75 Å². The molecule has 0 unspecified atom stereocenters. The van der Waals surface area contributed by atoms with Gasteiger partial charge < -0.3 is 26.8 Å². The highest BCUT2D eigenvalue weighted by Gasteiger charge is 2.32. The molecule has 30 heavy (non-hydrogen) atoms. The van der Waals surface area contributed by atoms with E-state index in [-0.39, 0.29) is 11.8 Å². The number of carbonyl (C=O) groups is 1. The highest BCUT2D eigenvalue weighted by atomic mass is 16.5. The molecule has 0 bridgehead atoms. The number of hydrogen-bond acceptors (Lipinski definition) is 5. The second-order valence-corrected chi connectivity index (χ2v) is 7.45. The van der Waals surface area contributed by atoms with Gasteiger partial charge in [0.2, 0.25) is 5.91 Å². The zero-order valence-corrected chi connectivity index (χ0v) is 16.5. The molecule has 6 nitrogen and oxygen atoms in total. The van der Waals surface area contributed by atoms with Crippen LogP contribution in [0.15, 0.2) is 73.3 Å². The van der Waals surface area contributed by atoms with Crippen molar-refractivity contribution in [2.75, 3.05) is 22.9 Å². The van der Waals surface area contributed by atoms with Gasteiger partial charge in [-0.15, -0.1) is 0 Å². The SMILES string of the molecule is C=C(N)c1cccc(N2C[C@@H](c3ccc(N)c(Oc4cccc(N)c4)c3)CC2=O)c1. The summed E-state index contributed by atoms with van der Waals surface area (Å²) in [5.41, 5.74) is 22.0. The van der Waals surface area contributed by atoms with Gasteiger partial charge in [-0.3, -0.25) is 4.79 Å². The number of hydrogen-bond donors (Lipinski definition) is 3.